The van der Waals surface area contributed by atoms with Crippen LogP contribution in [0.2, 0.25) is 0 Å². The number of hydrogen-bond acceptors (Lipinski definition) is 7. The summed E-state index contributed by atoms with van der Waals surface area (Å²) in [7, 11) is 0. The second-order valence-corrected chi connectivity index (χ2v) is 11.6. The number of rotatable bonds is 6. The van der Waals surface area contributed by atoms with Crippen molar-refractivity contribution in [1.82, 2.24) is 15.2 Å². The number of nitrogens with zero attached hydrogens (tertiary/aromatic N) is 4. The highest BCUT2D eigenvalue weighted by atomic mass is 16.5. The topological polar surface area (TPSA) is 98.2 Å². The number of carbonyl (C=O) groups excluding carboxylic acids is 2. The van der Waals surface area contributed by atoms with Crippen molar-refractivity contribution in [3.05, 3.63) is 114 Å². The molecule has 3 aromatic carbocycles. The van der Waals surface area contributed by atoms with E-state index in [-0.39, 0.29) is 23.5 Å². The molecule has 2 saturated heterocycles. The molecule has 2 fully saturated rings. The number of aromatic nitrogens is 1. The van der Waals surface area contributed by atoms with E-state index >= 15 is 0 Å². The fourth-order valence-electron chi connectivity index (χ4n) is 6.56. The average molecular weight is 590 g/mol. The number of ether oxygens (including phenoxy) is 1. The average Bonchev–Trinajstić information content (AvgIpc) is 3.05. The van der Waals surface area contributed by atoms with Gasteiger partial charge in [0, 0.05) is 74.8 Å². The maximum absolute atomic E-state index is 12.1. The van der Waals surface area contributed by atoms with Gasteiger partial charge >= 0.3 is 6.03 Å². The molecule has 0 bridgehead atoms. The van der Waals surface area contributed by atoms with Gasteiger partial charge in [0.05, 0.1) is 24.2 Å². The van der Waals surface area contributed by atoms with Gasteiger partial charge in [0.1, 0.15) is 11.5 Å². The Morgan fingerprint density at radius 1 is 0.841 bits per heavy atom. The molecule has 3 aliphatic rings. The molecule has 3 aliphatic heterocycles. The molecule has 4 aromatic rings. The molecule has 0 radical (unpaired) electrons. The highest BCUT2D eigenvalue weighted by Crippen LogP contribution is 2.47. The van der Waals surface area contributed by atoms with E-state index in [1.165, 1.54) is 16.8 Å². The molecule has 9 heteroatoms. The molecule has 0 saturated carbocycles. The van der Waals surface area contributed by atoms with Crippen LogP contribution in [0.5, 0.6) is 11.5 Å². The predicted octanol–water partition coefficient (Wildman–Crippen LogP) is 4.86. The number of hydrogen-bond donors (Lipinski definition) is 2. The van der Waals surface area contributed by atoms with Crippen LogP contribution in [0.3, 0.4) is 0 Å². The van der Waals surface area contributed by atoms with Gasteiger partial charge < -0.3 is 14.7 Å². The number of aromatic hydroxyl groups is 1. The van der Waals surface area contributed by atoms with E-state index in [0.29, 0.717) is 25.3 Å². The lowest BCUT2D eigenvalue weighted by molar-refractivity contribution is -0.120. The Bertz CT molecular complexity index is 1640. The summed E-state index contributed by atoms with van der Waals surface area (Å²) in [6.07, 6.45) is 2.01. The fourth-order valence-corrected chi connectivity index (χ4v) is 6.56. The number of amides is 3. The smallest absolute Gasteiger partial charge is 0.328 e. The Morgan fingerprint density at radius 3 is 2.34 bits per heavy atom. The fraction of sp³-hybridized carbons (Fsp3) is 0.286. The van der Waals surface area contributed by atoms with Crippen LogP contribution in [0.1, 0.15) is 40.6 Å². The second-order valence-electron chi connectivity index (χ2n) is 11.6. The van der Waals surface area contributed by atoms with Crippen LogP contribution in [0.25, 0.3) is 0 Å². The molecular formula is C35H35N5O4. The van der Waals surface area contributed by atoms with Crippen LogP contribution >= 0.6 is 0 Å². The molecule has 44 heavy (non-hydrogen) atoms. The molecule has 0 aliphatic carbocycles. The van der Waals surface area contributed by atoms with Crippen molar-refractivity contribution in [3.8, 4) is 11.5 Å². The van der Waals surface area contributed by atoms with E-state index in [1.807, 2.05) is 24.3 Å². The summed E-state index contributed by atoms with van der Waals surface area (Å²) in [5.41, 5.74) is 6.44. The van der Waals surface area contributed by atoms with Gasteiger partial charge in [-0.2, -0.15) is 0 Å². The van der Waals surface area contributed by atoms with Crippen molar-refractivity contribution >= 4 is 23.3 Å². The van der Waals surface area contributed by atoms with Gasteiger partial charge in [0.2, 0.25) is 5.91 Å². The Labute approximate surface area is 256 Å². The zero-order chi connectivity index (χ0) is 30.0. The molecule has 1 aromatic heterocycles. The molecule has 7 rings (SSSR count). The zero-order valence-electron chi connectivity index (χ0n) is 24.4. The molecule has 4 heterocycles. The standard InChI is InChI=1S/C35H35N5O4/c41-29-12-13-30-32(20-29)44-23-31(24-4-2-1-3-5-24)34(30)25-6-9-27(10-7-25)39-18-16-38(17-19-39)22-26-8-11-28(21-36-26)40-15-14-33(42)37-35(40)43/h1-13,20-21,31,34,41H,14-19,22-23H2,(H,37,42,43)/t31-,34-/m1/s1. The van der Waals surface area contributed by atoms with Gasteiger partial charge in [0.15, 0.2) is 0 Å². The quantitative estimate of drug-likeness (QED) is 0.331. The Balaban J connectivity index is 1.00. The van der Waals surface area contributed by atoms with Crippen molar-refractivity contribution < 1.29 is 19.4 Å². The van der Waals surface area contributed by atoms with Gasteiger partial charge in [0.25, 0.3) is 0 Å². The summed E-state index contributed by atoms with van der Waals surface area (Å²) in [4.78, 5) is 34.5. The van der Waals surface area contributed by atoms with Gasteiger partial charge in [-0.05, 0) is 41.5 Å². The first-order valence-electron chi connectivity index (χ1n) is 15.2. The first-order valence-corrected chi connectivity index (χ1v) is 15.2. The normalized spacial score (nSPS) is 20.5. The van der Waals surface area contributed by atoms with E-state index < -0.39 is 6.03 Å². The summed E-state index contributed by atoms with van der Waals surface area (Å²) < 4.78 is 6.13. The number of imide groups is 1. The molecule has 9 nitrogen and oxygen atoms in total. The molecule has 2 N–H and O–H groups in total. The second kappa shape index (κ2) is 12.0. The third-order valence-electron chi connectivity index (χ3n) is 8.93. The molecular weight excluding hydrogens is 554 g/mol. The minimum Gasteiger partial charge on any atom is -0.508 e. The monoisotopic (exact) mass is 589 g/mol. The minimum atomic E-state index is -0.395. The van der Waals surface area contributed by atoms with Gasteiger partial charge in [-0.15, -0.1) is 0 Å². The van der Waals surface area contributed by atoms with Crippen molar-refractivity contribution in [3.63, 3.8) is 0 Å². The van der Waals surface area contributed by atoms with Gasteiger partial charge in [-0.3, -0.25) is 24.9 Å². The van der Waals surface area contributed by atoms with E-state index in [0.717, 1.165) is 49.7 Å². The van der Waals surface area contributed by atoms with Gasteiger partial charge in [-0.25, -0.2) is 4.79 Å². The third-order valence-corrected chi connectivity index (χ3v) is 8.93. The number of urea groups is 1. The maximum Gasteiger partial charge on any atom is 0.328 e. The van der Waals surface area contributed by atoms with Crippen molar-refractivity contribution in [2.24, 2.45) is 0 Å². The zero-order valence-corrected chi connectivity index (χ0v) is 24.4. The SMILES string of the molecule is O=C1CCN(c2ccc(CN3CCN(c4ccc([C@@H]5c6ccc(O)cc6OC[C@@H]5c5ccccc5)cc4)CC3)nc2)C(=O)N1. The number of anilines is 2. The predicted molar refractivity (Wildman–Crippen MR) is 168 cm³/mol. The highest BCUT2D eigenvalue weighted by molar-refractivity contribution is 6.05. The van der Waals surface area contributed by atoms with E-state index in [2.05, 4.69) is 68.6 Å². The maximum atomic E-state index is 12.1. The van der Waals surface area contributed by atoms with E-state index in [1.54, 1.807) is 23.2 Å². The highest BCUT2D eigenvalue weighted by Gasteiger charge is 2.34. The lowest BCUT2D eigenvalue weighted by Gasteiger charge is -2.37. The van der Waals surface area contributed by atoms with Crippen LogP contribution in [-0.4, -0.2) is 66.3 Å². The number of fused-ring (bicyclic) bond motifs is 1. The van der Waals surface area contributed by atoms with Crippen LogP contribution in [-0.2, 0) is 11.3 Å². The first-order chi connectivity index (χ1) is 21.5. The van der Waals surface area contributed by atoms with E-state index in [9.17, 15) is 14.7 Å². The third kappa shape index (κ3) is 5.70. The summed E-state index contributed by atoms with van der Waals surface area (Å²) in [5, 5.41) is 12.4. The number of piperazine rings is 1. The number of benzene rings is 3. The van der Waals surface area contributed by atoms with Crippen LogP contribution < -0.4 is 19.9 Å². The Kier molecular flexibility index (Phi) is 7.62. The summed E-state index contributed by atoms with van der Waals surface area (Å²) in [5.74, 6) is 1.02. The number of phenolic OH excluding ortho intramolecular Hbond substituents is 1. The molecule has 2 atom stereocenters. The summed E-state index contributed by atoms with van der Waals surface area (Å²) in [6, 6.07) is 28.4. The van der Waals surface area contributed by atoms with Gasteiger partial charge in [-0.1, -0.05) is 48.5 Å². The summed E-state index contributed by atoms with van der Waals surface area (Å²) in [6.45, 7) is 5.37. The molecule has 0 spiro atoms. The molecule has 0 unspecified atom stereocenters. The largest absolute Gasteiger partial charge is 0.508 e. The minimum absolute atomic E-state index is 0.123. The molecule has 3 amide bonds. The number of pyridine rings is 1. The number of carbonyl (C=O) groups is 2. The number of phenols is 1. The molecule has 224 valence electrons. The number of nitrogens with one attached hydrogen (secondary N) is 1. The first kappa shape index (κ1) is 27.9. The van der Waals surface area contributed by atoms with Crippen LogP contribution in [0, 0.1) is 0 Å². The van der Waals surface area contributed by atoms with Crippen molar-refractivity contribution in [2.75, 3.05) is 49.1 Å². The Hall–Kier alpha value is -4.89. The lowest BCUT2D eigenvalue weighted by atomic mass is 9.76. The summed E-state index contributed by atoms with van der Waals surface area (Å²) >= 11 is 0. The van der Waals surface area contributed by atoms with E-state index in [4.69, 9.17) is 4.74 Å². The lowest BCUT2D eigenvalue weighted by Crippen LogP contribution is -2.49. The van der Waals surface area contributed by atoms with Crippen molar-refractivity contribution in [2.45, 2.75) is 24.8 Å². The van der Waals surface area contributed by atoms with Crippen molar-refractivity contribution in [1.29, 1.82) is 0 Å². The Morgan fingerprint density at radius 2 is 1.61 bits per heavy atom. The van der Waals surface area contributed by atoms with Crippen LogP contribution in [0.15, 0.2) is 91.1 Å². The van der Waals surface area contributed by atoms with Crippen LogP contribution in [0.4, 0.5) is 16.2 Å².